The maximum Gasteiger partial charge on any atom is 0.291 e. The van der Waals surface area contributed by atoms with Crippen molar-refractivity contribution in [2.45, 2.75) is 20.0 Å². The van der Waals surface area contributed by atoms with Gasteiger partial charge < -0.3 is 5.32 Å². The number of nitrogens with zero attached hydrogens (tertiary/aromatic N) is 3. The van der Waals surface area contributed by atoms with Crippen LogP contribution in [0.1, 0.15) is 11.4 Å². The first-order valence-electron chi connectivity index (χ1n) is 8.00. The molecule has 1 aromatic carbocycles. The summed E-state index contributed by atoms with van der Waals surface area (Å²) in [5, 5.41) is 8.95. The van der Waals surface area contributed by atoms with Crippen LogP contribution in [-0.4, -0.2) is 20.1 Å². The minimum Gasteiger partial charge on any atom is -0.350 e. The van der Waals surface area contributed by atoms with Crippen molar-refractivity contribution in [2.24, 2.45) is 0 Å². The zero-order chi connectivity index (χ0) is 18.3. The highest BCUT2D eigenvalue weighted by molar-refractivity contribution is 7.17. The topological polar surface area (TPSA) is 68.4 Å². The molecule has 0 spiro atoms. The lowest BCUT2D eigenvalue weighted by molar-refractivity contribution is -0.122. The van der Waals surface area contributed by atoms with Crippen LogP contribution in [0.15, 0.2) is 46.6 Å². The van der Waals surface area contributed by atoms with Crippen molar-refractivity contribution in [1.29, 1.82) is 0 Å². The SMILES string of the molecule is Cc1nn(CC(=O)NCc2ccc(F)cc2)c(=O)c2cc3sccc3n12. The Balaban J connectivity index is 1.56. The highest BCUT2D eigenvalue weighted by Crippen LogP contribution is 2.24. The van der Waals surface area contributed by atoms with Gasteiger partial charge in [0.05, 0.1) is 10.2 Å². The van der Waals surface area contributed by atoms with Crippen LogP contribution in [0.25, 0.3) is 15.7 Å². The van der Waals surface area contributed by atoms with Crippen LogP contribution in [0.5, 0.6) is 0 Å². The summed E-state index contributed by atoms with van der Waals surface area (Å²) in [6.07, 6.45) is 0. The lowest BCUT2D eigenvalue weighted by Crippen LogP contribution is -2.34. The summed E-state index contributed by atoms with van der Waals surface area (Å²) in [5.41, 5.74) is 1.92. The number of aryl methyl sites for hydroxylation is 1. The van der Waals surface area contributed by atoms with E-state index in [1.54, 1.807) is 34.8 Å². The molecule has 0 unspecified atom stereocenters. The monoisotopic (exact) mass is 370 g/mol. The summed E-state index contributed by atoms with van der Waals surface area (Å²) in [6, 6.07) is 9.64. The number of amides is 1. The first-order valence-corrected chi connectivity index (χ1v) is 8.88. The fourth-order valence-corrected chi connectivity index (χ4v) is 3.73. The summed E-state index contributed by atoms with van der Waals surface area (Å²) in [5.74, 6) is -0.0212. The van der Waals surface area contributed by atoms with Crippen molar-refractivity contribution in [1.82, 2.24) is 19.5 Å². The molecule has 26 heavy (non-hydrogen) atoms. The van der Waals surface area contributed by atoms with Crippen LogP contribution in [-0.2, 0) is 17.9 Å². The highest BCUT2D eigenvalue weighted by atomic mass is 32.1. The molecule has 0 saturated carbocycles. The maximum absolute atomic E-state index is 12.9. The largest absolute Gasteiger partial charge is 0.350 e. The van der Waals surface area contributed by atoms with Gasteiger partial charge in [0.15, 0.2) is 0 Å². The van der Waals surface area contributed by atoms with E-state index in [0.29, 0.717) is 11.3 Å². The second-order valence-electron chi connectivity index (χ2n) is 5.95. The predicted octanol–water partition coefficient (Wildman–Crippen LogP) is 2.47. The quantitative estimate of drug-likeness (QED) is 0.600. The molecule has 132 valence electrons. The molecule has 1 amide bonds. The van der Waals surface area contributed by atoms with Gasteiger partial charge in [-0.25, -0.2) is 9.07 Å². The number of benzene rings is 1. The summed E-state index contributed by atoms with van der Waals surface area (Å²) in [4.78, 5) is 24.8. The molecule has 0 aliphatic rings. The Kier molecular flexibility index (Phi) is 4.04. The van der Waals surface area contributed by atoms with Gasteiger partial charge in [-0.3, -0.25) is 14.0 Å². The van der Waals surface area contributed by atoms with E-state index in [4.69, 9.17) is 0 Å². The van der Waals surface area contributed by atoms with Gasteiger partial charge in [0.1, 0.15) is 23.7 Å². The van der Waals surface area contributed by atoms with E-state index < -0.39 is 0 Å². The maximum atomic E-state index is 12.9. The zero-order valence-electron chi connectivity index (χ0n) is 13.9. The van der Waals surface area contributed by atoms with Crippen LogP contribution in [0.3, 0.4) is 0 Å². The van der Waals surface area contributed by atoms with Gasteiger partial charge in [0.2, 0.25) is 5.91 Å². The Morgan fingerprint density at radius 1 is 1.23 bits per heavy atom. The van der Waals surface area contributed by atoms with Crippen molar-refractivity contribution in [3.8, 4) is 0 Å². The van der Waals surface area contributed by atoms with E-state index in [1.807, 2.05) is 17.5 Å². The van der Waals surface area contributed by atoms with Gasteiger partial charge in [-0.15, -0.1) is 11.3 Å². The molecular formula is C18H15FN4O2S. The van der Waals surface area contributed by atoms with E-state index in [1.165, 1.54) is 16.8 Å². The normalized spacial score (nSPS) is 11.3. The molecule has 4 rings (SSSR count). The third-order valence-corrected chi connectivity index (χ3v) is 5.01. The molecule has 3 heterocycles. The summed E-state index contributed by atoms with van der Waals surface area (Å²) in [7, 11) is 0. The van der Waals surface area contributed by atoms with Gasteiger partial charge in [-0.05, 0) is 42.1 Å². The average Bonchev–Trinajstić information content (AvgIpc) is 3.20. The van der Waals surface area contributed by atoms with Gasteiger partial charge in [-0.1, -0.05) is 12.1 Å². The van der Waals surface area contributed by atoms with E-state index in [2.05, 4.69) is 10.4 Å². The van der Waals surface area contributed by atoms with Gasteiger partial charge in [0, 0.05) is 6.54 Å². The highest BCUT2D eigenvalue weighted by Gasteiger charge is 2.14. The number of hydrogen-bond acceptors (Lipinski definition) is 4. The smallest absolute Gasteiger partial charge is 0.291 e. The minimum absolute atomic E-state index is 0.170. The molecule has 0 aliphatic heterocycles. The third kappa shape index (κ3) is 2.88. The first-order chi connectivity index (χ1) is 12.5. The molecular weight excluding hydrogens is 355 g/mol. The first kappa shape index (κ1) is 16.5. The second-order valence-corrected chi connectivity index (χ2v) is 6.90. The van der Waals surface area contributed by atoms with E-state index >= 15 is 0 Å². The lowest BCUT2D eigenvalue weighted by atomic mass is 10.2. The van der Waals surface area contributed by atoms with Crippen LogP contribution >= 0.6 is 11.3 Å². The summed E-state index contributed by atoms with van der Waals surface area (Å²) >= 11 is 1.55. The van der Waals surface area contributed by atoms with Gasteiger partial charge >= 0.3 is 0 Å². The fourth-order valence-electron chi connectivity index (χ4n) is 2.93. The molecule has 8 heteroatoms. The number of carbonyl (C=O) groups is 1. The summed E-state index contributed by atoms with van der Waals surface area (Å²) in [6.45, 7) is 1.89. The molecule has 0 bridgehead atoms. The standard InChI is InChI=1S/C18H15FN4O2S/c1-11-21-22(10-17(24)20-9-12-2-4-13(19)5-3-12)18(25)15-8-16-14(23(11)15)6-7-26-16/h2-8H,9-10H2,1H3,(H,20,24). The number of carbonyl (C=O) groups excluding carboxylic acids is 1. The molecule has 3 aromatic heterocycles. The van der Waals surface area contributed by atoms with Crippen LogP contribution in [0.2, 0.25) is 0 Å². The Labute approximate surface area is 151 Å². The Bertz CT molecular complexity index is 1170. The number of fused-ring (bicyclic) bond motifs is 3. The van der Waals surface area contributed by atoms with E-state index in [9.17, 15) is 14.0 Å². The fraction of sp³-hybridized carbons (Fsp3) is 0.167. The molecule has 0 aliphatic carbocycles. The average molecular weight is 370 g/mol. The molecule has 0 radical (unpaired) electrons. The van der Waals surface area contributed by atoms with Crippen molar-refractivity contribution in [3.63, 3.8) is 0 Å². The molecule has 1 N–H and O–H groups in total. The minimum atomic E-state index is -0.332. The zero-order valence-corrected chi connectivity index (χ0v) is 14.7. The Hall–Kier alpha value is -3.00. The molecule has 0 saturated heterocycles. The molecule has 0 fully saturated rings. The summed E-state index contributed by atoms with van der Waals surface area (Å²) < 4.78 is 16.9. The van der Waals surface area contributed by atoms with E-state index in [0.717, 1.165) is 15.8 Å². The molecule has 4 aromatic rings. The number of nitrogens with one attached hydrogen (secondary N) is 1. The molecule has 0 atom stereocenters. The van der Waals surface area contributed by atoms with Gasteiger partial charge in [0.25, 0.3) is 5.56 Å². The number of thiophene rings is 1. The van der Waals surface area contributed by atoms with Crippen molar-refractivity contribution >= 4 is 33.0 Å². The van der Waals surface area contributed by atoms with Crippen LogP contribution in [0, 0.1) is 12.7 Å². The van der Waals surface area contributed by atoms with Crippen molar-refractivity contribution < 1.29 is 9.18 Å². The number of rotatable bonds is 4. The van der Waals surface area contributed by atoms with E-state index in [-0.39, 0.29) is 30.4 Å². The van der Waals surface area contributed by atoms with Crippen LogP contribution in [0.4, 0.5) is 4.39 Å². The van der Waals surface area contributed by atoms with Crippen molar-refractivity contribution in [3.05, 3.63) is 69.3 Å². The number of hydrogen-bond donors (Lipinski definition) is 1. The van der Waals surface area contributed by atoms with Crippen LogP contribution < -0.4 is 10.9 Å². The predicted molar refractivity (Wildman–Crippen MR) is 97.8 cm³/mol. The lowest BCUT2D eigenvalue weighted by Gasteiger charge is -2.09. The molecule has 6 nitrogen and oxygen atoms in total. The number of halogens is 1. The Morgan fingerprint density at radius 3 is 2.77 bits per heavy atom. The Morgan fingerprint density at radius 2 is 2.00 bits per heavy atom. The second kappa shape index (κ2) is 6.38. The van der Waals surface area contributed by atoms with Gasteiger partial charge in [-0.2, -0.15) is 5.10 Å². The van der Waals surface area contributed by atoms with Crippen molar-refractivity contribution in [2.75, 3.05) is 0 Å². The third-order valence-electron chi connectivity index (χ3n) is 4.16. The number of aromatic nitrogens is 3.